The van der Waals surface area contributed by atoms with Crippen molar-refractivity contribution < 1.29 is 4.79 Å². The van der Waals surface area contributed by atoms with E-state index in [0.717, 1.165) is 17.9 Å². The molecule has 2 aromatic rings. The fraction of sp³-hybridized carbons (Fsp3) is 0.357. The molecular formula is C14H18ClN5O. The summed E-state index contributed by atoms with van der Waals surface area (Å²) in [6.45, 7) is 4.97. The maximum absolute atomic E-state index is 11.9. The summed E-state index contributed by atoms with van der Waals surface area (Å²) in [5, 5.41) is 14.0. The van der Waals surface area contributed by atoms with E-state index < -0.39 is 0 Å². The van der Waals surface area contributed by atoms with Crippen molar-refractivity contribution in [1.29, 1.82) is 0 Å². The summed E-state index contributed by atoms with van der Waals surface area (Å²) >= 11 is 6.11. The van der Waals surface area contributed by atoms with Crippen LogP contribution in [0.5, 0.6) is 0 Å². The number of benzene rings is 1. The third kappa shape index (κ3) is 3.95. The Bertz CT molecular complexity index is 613. The summed E-state index contributed by atoms with van der Waals surface area (Å²) in [7, 11) is 0. The van der Waals surface area contributed by atoms with E-state index in [9.17, 15) is 4.79 Å². The van der Waals surface area contributed by atoms with Gasteiger partial charge in [0, 0.05) is 11.6 Å². The minimum Gasteiger partial charge on any atom is -0.332 e. The average molecular weight is 308 g/mol. The lowest BCUT2D eigenvalue weighted by Gasteiger charge is -2.16. The van der Waals surface area contributed by atoms with Gasteiger partial charge in [0.25, 0.3) is 0 Å². The molecule has 0 radical (unpaired) electrons. The molecule has 0 bridgehead atoms. The van der Waals surface area contributed by atoms with Crippen molar-refractivity contribution in [2.45, 2.75) is 33.0 Å². The first kappa shape index (κ1) is 15.3. The van der Waals surface area contributed by atoms with Crippen molar-refractivity contribution in [3.05, 3.63) is 47.0 Å². The van der Waals surface area contributed by atoms with Crippen LogP contribution in [0, 0.1) is 0 Å². The Balaban J connectivity index is 1.89. The predicted octanol–water partition coefficient (Wildman–Crippen LogP) is 2.51. The van der Waals surface area contributed by atoms with Crippen molar-refractivity contribution in [2.75, 3.05) is 0 Å². The molecule has 112 valence electrons. The number of carbonyl (C=O) groups excluding carboxylic acids is 1. The zero-order valence-electron chi connectivity index (χ0n) is 12.0. The van der Waals surface area contributed by atoms with E-state index >= 15 is 0 Å². The average Bonchev–Trinajstić information content (AvgIpc) is 2.93. The van der Waals surface area contributed by atoms with Crippen LogP contribution >= 0.6 is 11.6 Å². The van der Waals surface area contributed by atoms with Crippen LogP contribution < -0.4 is 10.6 Å². The zero-order chi connectivity index (χ0) is 15.2. The number of carbonyl (C=O) groups is 1. The van der Waals surface area contributed by atoms with Crippen molar-refractivity contribution >= 4 is 17.6 Å². The standard InChI is InChI=1S/C14H18ClN5O/c1-3-20-9-17-19-13(20)8-16-14(21)18-10(2)11-6-4-5-7-12(11)15/h4-7,9-10H,3,8H2,1-2H3,(H2,16,18,21). The summed E-state index contributed by atoms with van der Waals surface area (Å²) in [6.07, 6.45) is 1.64. The molecule has 2 N–H and O–H groups in total. The number of urea groups is 1. The summed E-state index contributed by atoms with van der Waals surface area (Å²) in [4.78, 5) is 11.9. The molecule has 0 saturated heterocycles. The summed E-state index contributed by atoms with van der Waals surface area (Å²) < 4.78 is 1.87. The molecule has 0 spiro atoms. The first-order valence-corrected chi connectivity index (χ1v) is 7.15. The Kier molecular flexibility index (Phi) is 5.16. The number of hydrogen-bond acceptors (Lipinski definition) is 3. The maximum atomic E-state index is 11.9. The van der Waals surface area contributed by atoms with Crippen LogP contribution in [0.3, 0.4) is 0 Å². The van der Waals surface area contributed by atoms with Gasteiger partial charge in [0.05, 0.1) is 12.6 Å². The number of halogens is 1. The van der Waals surface area contributed by atoms with Gasteiger partial charge in [-0.15, -0.1) is 10.2 Å². The maximum Gasteiger partial charge on any atom is 0.315 e. The fourth-order valence-corrected chi connectivity index (χ4v) is 2.29. The summed E-state index contributed by atoms with van der Waals surface area (Å²) in [6, 6.07) is 6.99. The molecule has 0 fully saturated rings. The fourth-order valence-electron chi connectivity index (χ4n) is 1.99. The second-order valence-electron chi connectivity index (χ2n) is 4.60. The van der Waals surface area contributed by atoms with Crippen LogP contribution in [0.1, 0.15) is 31.3 Å². The van der Waals surface area contributed by atoms with Crippen LogP contribution in [-0.2, 0) is 13.1 Å². The highest BCUT2D eigenvalue weighted by Crippen LogP contribution is 2.21. The predicted molar refractivity (Wildman–Crippen MR) is 80.9 cm³/mol. The zero-order valence-corrected chi connectivity index (χ0v) is 12.8. The smallest absolute Gasteiger partial charge is 0.315 e. The second kappa shape index (κ2) is 7.08. The molecule has 1 aromatic carbocycles. The van der Waals surface area contributed by atoms with Gasteiger partial charge in [0.1, 0.15) is 6.33 Å². The SMILES string of the molecule is CCn1cnnc1CNC(=O)NC(C)c1ccccc1Cl. The minimum absolute atomic E-state index is 0.178. The lowest BCUT2D eigenvalue weighted by Crippen LogP contribution is -2.37. The van der Waals surface area contributed by atoms with Crippen LogP contribution in [0.25, 0.3) is 0 Å². The molecule has 1 unspecified atom stereocenters. The van der Waals surface area contributed by atoms with Crippen LogP contribution in [0.4, 0.5) is 4.79 Å². The molecule has 1 heterocycles. The van der Waals surface area contributed by atoms with E-state index in [1.54, 1.807) is 12.4 Å². The number of hydrogen-bond donors (Lipinski definition) is 2. The van der Waals surface area contributed by atoms with Gasteiger partial charge in [0.15, 0.2) is 5.82 Å². The van der Waals surface area contributed by atoms with Gasteiger partial charge in [-0.1, -0.05) is 29.8 Å². The van der Waals surface area contributed by atoms with E-state index in [0.29, 0.717) is 11.6 Å². The highest BCUT2D eigenvalue weighted by molar-refractivity contribution is 6.31. The molecule has 0 aliphatic carbocycles. The molecule has 1 atom stereocenters. The summed E-state index contributed by atoms with van der Waals surface area (Å²) in [5.41, 5.74) is 0.881. The van der Waals surface area contributed by atoms with E-state index in [-0.39, 0.29) is 12.1 Å². The van der Waals surface area contributed by atoms with Gasteiger partial charge in [-0.25, -0.2) is 4.79 Å². The highest BCUT2D eigenvalue weighted by atomic mass is 35.5. The van der Waals surface area contributed by atoms with E-state index in [1.165, 1.54) is 0 Å². The van der Waals surface area contributed by atoms with E-state index in [4.69, 9.17) is 11.6 Å². The van der Waals surface area contributed by atoms with Crippen molar-refractivity contribution in [2.24, 2.45) is 0 Å². The number of amides is 2. The molecule has 21 heavy (non-hydrogen) atoms. The second-order valence-corrected chi connectivity index (χ2v) is 5.01. The lowest BCUT2D eigenvalue weighted by molar-refractivity contribution is 0.237. The number of nitrogens with one attached hydrogen (secondary N) is 2. The third-order valence-electron chi connectivity index (χ3n) is 3.16. The quantitative estimate of drug-likeness (QED) is 0.891. The van der Waals surface area contributed by atoms with Gasteiger partial charge in [-0.3, -0.25) is 0 Å². The van der Waals surface area contributed by atoms with Crippen molar-refractivity contribution in [3.8, 4) is 0 Å². The Morgan fingerprint density at radius 3 is 2.90 bits per heavy atom. The van der Waals surface area contributed by atoms with Gasteiger partial charge < -0.3 is 15.2 Å². The van der Waals surface area contributed by atoms with Crippen molar-refractivity contribution in [3.63, 3.8) is 0 Å². The molecule has 0 aliphatic heterocycles. The first-order chi connectivity index (χ1) is 10.1. The van der Waals surface area contributed by atoms with Crippen LogP contribution in [-0.4, -0.2) is 20.8 Å². The number of aryl methyl sites for hydroxylation is 1. The Hall–Kier alpha value is -2.08. The van der Waals surface area contributed by atoms with E-state index in [2.05, 4.69) is 20.8 Å². The molecule has 6 nitrogen and oxygen atoms in total. The van der Waals surface area contributed by atoms with Gasteiger partial charge in [-0.2, -0.15) is 0 Å². The van der Waals surface area contributed by atoms with Crippen LogP contribution in [0.15, 0.2) is 30.6 Å². The molecule has 0 saturated carbocycles. The Labute approximate surface area is 128 Å². The number of rotatable bonds is 5. The topological polar surface area (TPSA) is 71.8 Å². The van der Waals surface area contributed by atoms with Gasteiger partial charge in [-0.05, 0) is 25.5 Å². The third-order valence-corrected chi connectivity index (χ3v) is 3.51. The highest BCUT2D eigenvalue weighted by Gasteiger charge is 2.12. The van der Waals surface area contributed by atoms with Crippen molar-refractivity contribution in [1.82, 2.24) is 25.4 Å². The molecule has 2 amide bonds. The van der Waals surface area contributed by atoms with E-state index in [1.807, 2.05) is 36.6 Å². The Morgan fingerprint density at radius 1 is 1.43 bits per heavy atom. The largest absolute Gasteiger partial charge is 0.332 e. The lowest BCUT2D eigenvalue weighted by atomic mass is 10.1. The monoisotopic (exact) mass is 307 g/mol. The number of aromatic nitrogens is 3. The summed E-state index contributed by atoms with van der Waals surface area (Å²) in [5.74, 6) is 0.720. The minimum atomic E-state index is -0.270. The normalized spacial score (nSPS) is 12.0. The molecular weight excluding hydrogens is 290 g/mol. The molecule has 7 heteroatoms. The van der Waals surface area contributed by atoms with Crippen LogP contribution in [0.2, 0.25) is 5.02 Å². The van der Waals surface area contributed by atoms with Gasteiger partial charge in [0.2, 0.25) is 0 Å². The molecule has 1 aromatic heterocycles. The molecule has 0 aliphatic rings. The Morgan fingerprint density at radius 2 is 2.19 bits per heavy atom. The van der Waals surface area contributed by atoms with Gasteiger partial charge >= 0.3 is 6.03 Å². The number of nitrogens with zero attached hydrogens (tertiary/aromatic N) is 3. The first-order valence-electron chi connectivity index (χ1n) is 6.77. The molecule has 2 rings (SSSR count).